The lowest BCUT2D eigenvalue weighted by Crippen LogP contribution is -2.18. The van der Waals surface area contributed by atoms with Crippen LogP contribution in [0.1, 0.15) is 17.3 Å². The molecule has 1 aromatic carbocycles. The van der Waals surface area contributed by atoms with Gasteiger partial charge in [0, 0.05) is 0 Å². The van der Waals surface area contributed by atoms with Gasteiger partial charge >= 0.3 is 5.97 Å². The zero-order valence-corrected chi connectivity index (χ0v) is 8.29. The van der Waals surface area contributed by atoms with Crippen molar-refractivity contribution in [3.8, 4) is 5.75 Å². The molecule has 86 valence electrons. The highest BCUT2D eigenvalue weighted by Crippen LogP contribution is 2.24. The summed E-state index contributed by atoms with van der Waals surface area (Å²) < 4.78 is 29.8. The number of carbonyl (C=O) groups excluding carboxylic acids is 2. The minimum absolute atomic E-state index is 0.0327. The molecule has 1 N–H and O–H groups in total. The van der Waals surface area contributed by atoms with Crippen molar-refractivity contribution in [2.75, 3.05) is 6.61 Å². The van der Waals surface area contributed by atoms with Gasteiger partial charge in [-0.1, -0.05) is 0 Å². The van der Waals surface area contributed by atoms with Crippen LogP contribution in [0.15, 0.2) is 12.1 Å². The third kappa shape index (κ3) is 2.16. The van der Waals surface area contributed by atoms with Crippen LogP contribution in [0.5, 0.6) is 5.75 Å². The van der Waals surface area contributed by atoms with Gasteiger partial charge in [0.1, 0.15) is 0 Å². The molecule has 4 nitrogen and oxygen atoms in total. The van der Waals surface area contributed by atoms with Crippen molar-refractivity contribution in [1.82, 2.24) is 0 Å². The van der Waals surface area contributed by atoms with Gasteiger partial charge in [0.25, 0.3) is 5.78 Å². The van der Waals surface area contributed by atoms with Crippen molar-refractivity contribution in [1.29, 1.82) is 0 Å². The molecule has 0 saturated carbocycles. The molecule has 0 aliphatic carbocycles. The molecule has 0 radical (unpaired) electrons. The first-order valence-corrected chi connectivity index (χ1v) is 4.37. The van der Waals surface area contributed by atoms with Crippen LogP contribution in [0.3, 0.4) is 0 Å². The number of ketones is 1. The van der Waals surface area contributed by atoms with E-state index in [0.717, 1.165) is 6.07 Å². The smallest absolute Gasteiger partial charge is 0.379 e. The van der Waals surface area contributed by atoms with E-state index in [0.29, 0.717) is 6.07 Å². The van der Waals surface area contributed by atoms with Crippen molar-refractivity contribution in [3.05, 3.63) is 29.3 Å². The molecule has 0 aliphatic heterocycles. The van der Waals surface area contributed by atoms with Crippen molar-refractivity contribution < 1.29 is 28.2 Å². The summed E-state index contributed by atoms with van der Waals surface area (Å²) in [6.45, 7) is 1.45. The van der Waals surface area contributed by atoms with Crippen molar-refractivity contribution >= 4 is 11.8 Å². The number of hydrogen-bond donors (Lipinski definition) is 1. The van der Waals surface area contributed by atoms with E-state index in [1.165, 1.54) is 6.92 Å². The largest absolute Gasteiger partial charge is 0.504 e. The normalized spacial score (nSPS) is 9.94. The third-order valence-electron chi connectivity index (χ3n) is 1.77. The molecule has 16 heavy (non-hydrogen) atoms. The standard InChI is InChI=1S/C10H8F2O4/c1-2-16-10(15)9(14)5-3-4-6(11)7(12)8(5)13/h3-4,13H,2H2,1H3. The number of halogens is 2. The molecule has 1 rings (SSSR count). The average molecular weight is 230 g/mol. The first kappa shape index (κ1) is 12.1. The van der Waals surface area contributed by atoms with Crippen molar-refractivity contribution in [2.45, 2.75) is 6.92 Å². The van der Waals surface area contributed by atoms with Gasteiger partial charge in [-0.25, -0.2) is 9.18 Å². The van der Waals surface area contributed by atoms with Gasteiger partial charge in [-0.05, 0) is 19.1 Å². The fourth-order valence-corrected chi connectivity index (χ4v) is 1.03. The first-order chi connectivity index (χ1) is 7.49. The molecular weight excluding hydrogens is 222 g/mol. The lowest BCUT2D eigenvalue weighted by atomic mass is 10.1. The van der Waals surface area contributed by atoms with E-state index in [9.17, 15) is 18.4 Å². The van der Waals surface area contributed by atoms with Crippen LogP contribution >= 0.6 is 0 Å². The predicted octanol–water partition coefficient (Wildman–Crippen LogP) is 1.42. The number of Topliss-reactive ketones (excluding diaryl/α,β-unsaturated/α-hetero) is 1. The second-order valence-corrected chi connectivity index (χ2v) is 2.81. The Morgan fingerprint density at radius 3 is 2.56 bits per heavy atom. The van der Waals surface area contributed by atoms with E-state index in [1.807, 2.05) is 0 Å². The Balaban J connectivity index is 3.10. The lowest BCUT2D eigenvalue weighted by molar-refractivity contribution is -0.137. The molecule has 0 unspecified atom stereocenters. The number of esters is 1. The fourth-order valence-electron chi connectivity index (χ4n) is 1.03. The molecule has 0 spiro atoms. The number of phenolic OH excluding ortho intramolecular Hbond substituents is 1. The molecular formula is C10H8F2O4. The minimum atomic E-state index is -1.57. The van der Waals surface area contributed by atoms with E-state index >= 15 is 0 Å². The van der Waals surface area contributed by atoms with Crippen LogP contribution in [-0.4, -0.2) is 23.5 Å². The maximum absolute atomic E-state index is 12.9. The number of hydrogen-bond acceptors (Lipinski definition) is 4. The molecule has 0 bridgehead atoms. The van der Waals surface area contributed by atoms with Gasteiger partial charge in [0.05, 0.1) is 12.2 Å². The maximum atomic E-state index is 12.9. The highest BCUT2D eigenvalue weighted by molar-refractivity contribution is 6.41. The molecule has 6 heteroatoms. The Morgan fingerprint density at radius 2 is 2.00 bits per heavy atom. The van der Waals surface area contributed by atoms with Crippen LogP contribution in [0, 0.1) is 11.6 Å². The van der Waals surface area contributed by atoms with Gasteiger partial charge in [-0.3, -0.25) is 4.79 Å². The highest BCUT2D eigenvalue weighted by atomic mass is 19.2. The second-order valence-electron chi connectivity index (χ2n) is 2.81. The van der Waals surface area contributed by atoms with E-state index in [-0.39, 0.29) is 6.61 Å². The monoisotopic (exact) mass is 230 g/mol. The second kappa shape index (κ2) is 4.69. The lowest BCUT2D eigenvalue weighted by Gasteiger charge is -2.04. The summed E-state index contributed by atoms with van der Waals surface area (Å²) in [6, 6.07) is 1.45. The van der Waals surface area contributed by atoms with Crippen molar-refractivity contribution in [2.24, 2.45) is 0 Å². The van der Waals surface area contributed by atoms with Crippen LogP contribution in [0.4, 0.5) is 8.78 Å². The third-order valence-corrected chi connectivity index (χ3v) is 1.77. The van der Waals surface area contributed by atoms with E-state index in [1.54, 1.807) is 0 Å². The van der Waals surface area contributed by atoms with Gasteiger partial charge in [-0.15, -0.1) is 0 Å². The molecule has 1 aromatic rings. The Labute approximate surface area is 89.5 Å². The molecule has 0 saturated heterocycles. The topological polar surface area (TPSA) is 63.6 Å². The molecule has 0 aliphatic rings. The number of aromatic hydroxyl groups is 1. The molecule has 0 fully saturated rings. The zero-order valence-electron chi connectivity index (χ0n) is 8.29. The Bertz CT molecular complexity index is 443. The van der Waals surface area contributed by atoms with Crippen molar-refractivity contribution in [3.63, 3.8) is 0 Å². The number of rotatable bonds is 3. The SMILES string of the molecule is CCOC(=O)C(=O)c1ccc(F)c(F)c1O. The van der Waals surface area contributed by atoms with E-state index in [4.69, 9.17) is 5.11 Å². The number of carbonyl (C=O) groups is 2. The summed E-state index contributed by atoms with van der Waals surface area (Å²) in [4.78, 5) is 22.3. The van der Waals surface area contributed by atoms with E-state index in [2.05, 4.69) is 4.74 Å². The fraction of sp³-hybridized carbons (Fsp3) is 0.200. The summed E-state index contributed by atoms with van der Waals surface area (Å²) in [5, 5.41) is 9.12. The van der Waals surface area contributed by atoms with Gasteiger partial charge in [0.15, 0.2) is 11.6 Å². The molecule has 0 aromatic heterocycles. The predicted molar refractivity (Wildman–Crippen MR) is 49.0 cm³/mol. The van der Waals surface area contributed by atoms with Crippen LogP contribution in [0.25, 0.3) is 0 Å². The Morgan fingerprint density at radius 1 is 1.38 bits per heavy atom. The molecule has 0 heterocycles. The summed E-state index contributed by atoms with van der Waals surface area (Å²) >= 11 is 0. The van der Waals surface area contributed by atoms with Crippen LogP contribution in [0.2, 0.25) is 0 Å². The number of phenols is 1. The number of benzene rings is 1. The maximum Gasteiger partial charge on any atom is 0.379 e. The van der Waals surface area contributed by atoms with E-state index < -0.39 is 34.7 Å². The summed E-state index contributed by atoms with van der Waals surface area (Å²) in [5.74, 6) is -6.53. The Hall–Kier alpha value is -1.98. The molecule has 0 atom stereocenters. The molecule has 0 amide bonds. The van der Waals surface area contributed by atoms with Gasteiger partial charge < -0.3 is 9.84 Å². The minimum Gasteiger partial charge on any atom is -0.504 e. The summed E-state index contributed by atoms with van der Waals surface area (Å²) in [5.41, 5.74) is -0.627. The number of ether oxygens (including phenoxy) is 1. The highest BCUT2D eigenvalue weighted by Gasteiger charge is 2.24. The zero-order chi connectivity index (χ0) is 12.3. The van der Waals surface area contributed by atoms with Gasteiger partial charge in [0.2, 0.25) is 5.82 Å². The first-order valence-electron chi connectivity index (χ1n) is 4.37. The average Bonchev–Trinajstić information content (AvgIpc) is 2.26. The quantitative estimate of drug-likeness (QED) is 0.484. The summed E-state index contributed by atoms with van der Waals surface area (Å²) in [7, 11) is 0. The Kier molecular flexibility index (Phi) is 3.55. The van der Waals surface area contributed by atoms with Gasteiger partial charge in [-0.2, -0.15) is 4.39 Å². The van der Waals surface area contributed by atoms with Crippen LogP contribution in [-0.2, 0) is 9.53 Å². The van der Waals surface area contributed by atoms with Crippen LogP contribution < -0.4 is 0 Å². The summed E-state index contributed by atoms with van der Waals surface area (Å²) in [6.07, 6.45) is 0.